The molecule has 1 aromatic heterocycles. The zero-order valence-electron chi connectivity index (χ0n) is 37.8. The van der Waals surface area contributed by atoms with Crippen molar-refractivity contribution in [1.82, 2.24) is 15.0 Å². The molecule has 246 valence electrons. The summed E-state index contributed by atoms with van der Waals surface area (Å²) >= 11 is 0. The predicted octanol–water partition coefficient (Wildman–Crippen LogP) is 11.9. The van der Waals surface area contributed by atoms with Crippen LogP contribution in [0.1, 0.15) is 48.7 Å². The minimum Gasteiger partial charge on any atom is -0.208 e. The number of hydrogen-bond donors (Lipinski definition) is 0. The van der Waals surface area contributed by atoms with Gasteiger partial charge in [0.15, 0.2) is 17.5 Å². The number of fused-ring (bicyclic) bond motifs is 7. The highest BCUT2D eigenvalue weighted by Gasteiger charge is 2.46. The maximum atomic E-state index is 9.74. The summed E-state index contributed by atoms with van der Waals surface area (Å²) in [6, 6.07) is 44.9. The fourth-order valence-electron chi connectivity index (χ4n) is 7.45. The van der Waals surface area contributed by atoms with Crippen molar-refractivity contribution in [2.75, 3.05) is 0 Å². The molecule has 1 unspecified atom stereocenters. The van der Waals surface area contributed by atoms with Gasteiger partial charge in [-0.3, -0.25) is 0 Å². The van der Waals surface area contributed by atoms with Gasteiger partial charge in [-0.05, 0) is 93.0 Å². The van der Waals surface area contributed by atoms with Gasteiger partial charge in [-0.25, -0.2) is 15.0 Å². The largest absolute Gasteiger partial charge is 0.208 e. The molecule has 0 amide bonds. The number of nitrogens with zero attached hydrogens (tertiary/aromatic N) is 3. The average Bonchev–Trinajstić information content (AvgIpc) is 3.60. The van der Waals surface area contributed by atoms with Gasteiger partial charge in [-0.1, -0.05) is 158 Å². The predicted molar refractivity (Wildman–Crippen MR) is 212 cm³/mol. The summed E-state index contributed by atoms with van der Waals surface area (Å²) in [5.74, 6) is 1.59. The van der Waals surface area contributed by atoms with E-state index in [1.165, 1.54) is 0 Å². The van der Waals surface area contributed by atoms with Gasteiger partial charge in [-0.2, -0.15) is 0 Å². The second-order valence-electron chi connectivity index (χ2n) is 12.9. The molecule has 0 saturated heterocycles. The molecule has 52 heavy (non-hydrogen) atoms. The fraction of sp³-hybridized carbons (Fsp3) is 0.0816. The molecule has 1 heterocycles. The first kappa shape index (κ1) is 21.7. The number of aromatic nitrogens is 3. The van der Waals surface area contributed by atoms with Gasteiger partial charge >= 0.3 is 0 Å². The molecule has 8 aromatic rings. The summed E-state index contributed by atoms with van der Waals surface area (Å²) in [6.45, 7) is 0. The lowest BCUT2D eigenvalue weighted by molar-refractivity contribution is 0.507. The lowest BCUT2D eigenvalue weighted by Gasteiger charge is -2.38. The van der Waals surface area contributed by atoms with E-state index in [-0.39, 0.29) is 11.1 Å². The molecule has 2 aliphatic rings. The van der Waals surface area contributed by atoms with Crippen molar-refractivity contribution in [3.05, 3.63) is 198 Å². The van der Waals surface area contributed by atoms with Crippen molar-refractivity contribution in [3.63, 3.8) is 0 Å². The number of rotatable bonds is 5. The Bertz CT molecular complexity index is 3060. The van der Waals surface area contributed by atoms with E-state index in [0.29, 0.717) is 39.7 Å². The van der Waals surface area contributed by atoms with E-state index in [9.17, 15) is 6.85 Å². The summed E-state index contributed by atoms with van der Waals surface area (Å²) in [4.78, 5) is 14.6. The van der Waals surface area contributed by atoms with Crippen LogP contribution in [0.2, 0.25) is 0 Å². The highest BCUT2D eigenvalue weighted by molar-refractivity contribution is 5.87. The van der Waals surface area contributed by atoms with Crippen molar-refractivity contribution >= 4 is 0 Å². The average molecular weight is 676 g/mol. The van der Waals surface area contributed by atoms with Gasteiger partial charge in [0.25, 0.3) is 0 Å². The first-order valence-electron chi connectivity index (χ1n) is 22.1. The molecular formula is C49H35N3. The van der Waals surface area contributed by atoms with Crippen LogP contribution in [0.3, 0.4) is 0 Å². The second-order valence-corrected chi connectivity index (χ2v) is 12.9. The standard InChI is InChI=1S/C49H35N3/c1-3-15-34(16-4-1)46-50-47(35-17-5-2-6-18-35)52-48(51-46)40-22-12-21-38(31-40)36-19-11-20-37(30-36)39-27-28-42-41-24-8-10-26-44(41)49(45(42)32-39)29-13-23-33-14-7-9-25-43(33)49/h1-12,14-22,24-28,30-32H,13,23,29H2/i7D,9D,13D2,14D,23D2,25D,29D2. The molecule has 7 aromatic carbocycles. The fourth-order valence-corrected chi connectivity index (χ4v) is 7.45. The van der Waals surface area contributed by atoms with E-state index in [1.807, 2.05) is 121 Å². The Morgan fingerprint density at radius 2 is 0.962 bits per heavy atom. The third kappa shape index (κ3) is 5.00. The van der Waals surface area contributed by atoms with E-state index >= 15 is 0 Å². The zero-order chi connectivity index (χ0) is 43.3. The van der Waals surface area contributed by atoms with Crippen LogP contribution in [-0.4, -0.2) is 15.0 Å². The van der Waals surface area contributed by atoms with Crippen molar-refractivity contribution in [2.45, 2.75) is 24.5 Å². The SMILES string of the molecule is [2H]c1c([2H])c([2H])c2c(c1[2H])C([2H])([2H])C([2H])([2H])C([2H])([2H])C21c2ccccc2-c2ccc(-c3cccc(-c4cccc(-c5nc(-c6ccccc6)nc(-c6ccccc6)n5)c4)c3)cc21. The van der Waals surface area contributed by atoms with Crippen LogP contribution in [0, 0.1) is 0 Å². The topological polar surface area (TPSA) is 38.7 Å². The maximum Gasteiger partial charge on any atom is 0.164 e. The van der Waals surface area contributed by atoms with Crippen LogP contribution in [0.5, 0.6) is 0 Å². The summed E-state index contributed by atoms with van der Waals surface area (Å²) < 4.78 is 91.3. The summed E-state index contributed by atoms with van der Waals surface area (Å²) in [5.41, 5.74) is 4.32. The minimum atomic E-state index is -3.26. The molecule has 0 radical (unpaired) electrons. The van der Waals surface area contributed by atoms with Crippen LogP contribution in [0.4, 0.5) is 0 Å². The van der Waals surface area contributed by atoms with Gasteiger partial charge < -0.3 is 0 Å². The maximum absolute atomic E-state index is 9.74. The van der Waals surface area contributed by atoms with Gasteiger partial charge in [0, 0.05) is 30.3 Å². The molecule has 0 N–H and O–H groups in total. The van der Waals surface area contributed by atoms with Crippen LogP contribution in [-0.2, 0) is 11.8 Å². The lowest BCUT2D eigenvalue weighted by atomic mass is 9.64. The molecule has 10 rings (SSSR count). The number of benzene rings is 7. The number of hydrogen-bond acceptors (Lipinski definition) is 3. The summed E-state index contributed by atoms with van der Waals surface area (Å²) in [6.07, 6.45) is -9.45. The summed E-state index contributed by atoms with van der Waals surface area (Å²) in [5, 5.41) is 0. The van der Waals surface area contributed by atoms with Crippen molar-refractivity contribution in [1.29, 1.82) is 0 Å². The Kier molecular flexibility index (Phi) is 5.17. The zero-order valence-corrected chi connectivity index (χ0v) is 27.8. The van der Waals surface area contributed by atoms with Gasteiger partial charge in [0.2, 0.25) is 0 Å². The Morgan fingerprint density at radius 3 is 1.65 bits per heavy atom. The third-order valence-electron chi connectivity index (χ3n) is 9.89. The Morgan fingerprint density at radius 1 is 0.442 bits per heavy atom. The van der Waals surface area contributed by atoms with Crippen molar-refractivity contribution in [3.8, 4) is 67.5 Å². The molecule has 3 heteroatoms. The quantitative estimate of drug-likeness (QED) is 0.182. The molecule has 0 aliphatic heterocycles. The normalized spacial score (nSPS) is 21.2. The molecule has 1 spiro atoms. The third-order valence-corrected chi connectivity index (χ3v) is 9.89. The second kappa shape index (κ2) is 12.4. The first-order chi connectivity index (χ1) is 29.7. The molecule has 0 bridgehead atoms. The Labute approximate surface area is 318 Å². The van der Waals surface area contributed by atoms with Crippen LogP contribution in [0.15, 0.2) is 176 Å². The first-order valence-corrected chi connectivity index (χ1v) is 17.1. The van der Waals surface area contributed by atoms with Crippen molar-refractivity contribution < 1.29 is 13.7 Å². The van der Waals surface area contributed by atoms with E-state index in [4.69, 9.17) is 21.8 Å². The molecule has 2 aliphatic carbocycles. The van der Waals surface area contributed by atoms with E-state index < -0.39 is 54.3 Å². The van der Waals surface area contributed by atoms with Gasteiger partial charge in [-0.15, -0.1) is 0 Å². The molecule has 0 fully saturated rings. The van der Waals surface area contributed by atoms with Crippen molar-refractivity contribution in [2.24, 2.45) is 0 Å². The van der Waals surface area contributed by atoms with Crippen LogP contribution in [0.25, 0.3) is 67.5 Å². The monoisotopic (exact) mass is 675 g/mol. The summed E-state index contributed by atoms with van der Waals surface area (Å²) in [7, 11) is 0. The van der Waals surface area contributed by atoms with E-state index in [0.717, 1.165) is 33.4 Å². The van der Waals surface area contributed by atoms with Crippen LogP contribution >= 0.6 is 0 Å². The molecular weight excluding hydrogens is 631 g/mol. The lowest BCUT2D eigenvalue weighted by Crippen LogP contribution is -2.31. The smallest absolute Gasteiger partial charge is 0.164 e. The van der Waals surface area contributed by atoms with E-state index in [2.05, 4.69) is 0 Å². The highest BCUT2D eigenvalue weighted by Crippen LogP contribution is 2.57. The van der Waals surface area contributed by atoms with Gasteiger partial charge in [0.1, 0.15) is 0 Å². The molecule has 0 saturated carbocycles. The van der Waals surface area contributed by atoms with Crippen LogP contribution < -0.4 is 0 Å². The van der Waals surface area contributed by atoms with E-state index in [1.54, 1.807) is 30.3 Å². The minimum absolute atomic E-state index is 0.289. The Balaban J connectivity index is 1.13. The molecule has 3 nitrogen and oxygen atoms in total. The Hall–Kier alpha value is -6.45. The molecule has 1 atom stereocenters. The van der Waals surface area contributed by atoms with Gasteiger partial charge in [0.05, 0.1) is 5.48 Å². The highest BCUT2D eigenvalue weighted by atomic mass is 15.0.